The lowest BCUT2D eigenvalue weighted by Gasteiger charge is -1.83. The van der Waals surface area contributed by atoms with E-state index in [-0.39, 0.29) is 11.3 Å². The minimum absolute atomic E-state index is 0.0532. The maximum absolute atomic E-state index is 10.3. The van der Waals surface area contributed by atoms with Crippen LogP contribution in [0.25, 0.3) is 0 Å². The predicted octanol–water partition coefficient (Wildman–Crippen LogP) is 0.455. The van der Waals surface area contributed by atoms with Crippen LogP contribution < -0.4 is 11.1 Å². The summed E-state index contributed by atoms with van der Waals surface area (Å²) in [6.45, 7) is 0. The zero-order valence-electron chi connectivity index (χ0n) is 7.81. The Hall–Kier alpha value is -2.30. The molecule has 0 radical (unpaired) electrons. The Morgan fingerprint density at radius 3 is 2.00 bits per heavy atom. The van der Waals surface area contributed by atoms with Crippen molar-refractivity contribution in [1.29, 1.82) is 0 Å². The fourth-order valence-corrected chi connectivity index (χ4v) is 0.790. The molecule has 3 N–H and O–H groups in total. The van der Waals surface area contributed by atoms with Crippen molar-refractivity contribution in [2.45, 2.75) is 0 Å². The second-order valence-corrected chi connectivity index (χ2v) is 2.61. The van der Waals surface area contributed by atoms with Crippen molar-refractivity contribution in [3.8, 4) is 5.75 Å². The highest BCUT2D eigenvalue weighted by atomic mass is 16.3. The quantitative estimate of drug-likeness (QED) is 0.585. The van der Waals surface area contributed by atoms with Crippen LogP contribution in [-0.4, -0.2) is 15.1 Å². The monoisotopic (exact) mass is 206 g/mol. The van der Waals surface area contributed by atoms with Gasteiger partial charge < -0.3 is 15.1 Å². The molecule has 0 unspecified atom stereocenters. The molecular formula is C10H10N2O3. The average molecular weight is 206 g/mol. The molecule has 5 nitrogen and oxygen atoms in total. The second kappa shape index (κ2) is 5.43. The number of H-pyrrole nitrogens is 2. The van der Waals surface area contributed by atoms with Crippen molar-refractivity contribution >= 4 is 0 Å². The Labute approximate surface area is 85.1 Å². The van der Waals surface area contributed by atoms with E-state index >= 15 is 0 Å². The highest BCUT2D eigenvalue weighted by molar-refractivity contribution is 5.12. The van der Waals surface area contributed by atoms with Gasteiger partial charge in [0.1, 0.15) is 0 Å². The van der Waals surface area contributed by atoms with Crippen LogP contribution in [0.1, 0.15) is 0 Å². The first-order valence-electron chi connectivity index (χ1n) is 4.20. The summed E-state index contributed by atoms with van der Waals surface area (Å²) in [7, 11) is 0. The number of rotatable bonds is 0. The standard InChI is InChI=1S/C5H5NO2.C5H5NO/c7-4-2-1-3-6-5(4)8;7-5-3-1-2-4-6-5/h1-3,7H,(H,6,8);1-4H,(H,6,7). The zero-order chi connectivity index (χ0) is 11.1. The summed E-state index contributed by atoms with van der Waals surface area (Å²) in [5, 5.41) is 8.58. The van der Waals surface area contributed by atoms with Gasteiger partial charge in [-0.1, -0.05) is 6.07 Å². The van der Waals surface area contributed by atoms with Gasteiger partial charge in [-0.25, -0.2) is 0 Å². The number of aromatic amines is 2. The molecule has 0 aliphatic heterocycles. The van der Waals surface area contributed by atoms with Crippen LogP contribution in [0.15, 0.2) is 52.3 Å². The molecule has 0 aromatic carbocycles. The van der Waals surface area contributed by atoms with Crippen LogP contribution >= 0.6 is 0 Å². The third-order valence-electron chi connectivity index (χ3n) is 1.48. The van der Waals surface area contributed by atoms with E-state index in [1.54, 1.807) is 24.4 Å². The molecule has 2 aromatic rings. The molecule has 2 aromatic heterocycles. The van der Waals surface area contributed by atoms with E-state index < -0.39 is 5.56 Å². The maximum Gasteiger partial charge on any atom is 0.290 e. The van der Waals surface area contributed by atoms with E-state index in [1.165, 1.54) is 18.3 Å². The third kappa shape index (κ3) is 3.95. The number of aromatic hydroxyl groups is 1. The zero-order valence-corrected chi connectivity index (χ0v) is 7.81. The van der Waals surface area contributed by atoms with Gasteiger partial charge >= 0.3 is 0 Å². The lowest BCUT2D eigenvalue weighted by atomic mass is 10.5. The van der Waals surface area contributed by atoms with Gasteiger partial charge in [0.05, 0.1) is 0 Å². The van der Waals surface area contributed by atoms with Crippen LogP contribution in [0.3, 0.4) is 0 Å². The van der Waals surface area contributed by atoms with Crippen LogP contribution in [-0.2, 0) is 0 Å². The van der Waals surface area contributed by atoms with Crippen molar-refractivity contribution in [3.05, 3.63) is 63.4 Å². The smallest absolute Gasteiger partial charge is 0.290 e. The highest BCUT2D eigenvalue weighted by Gasteiger charge is 1.87. The minimum atomic E-state index is -0.451. The molecule has 0 saturated heterocycles. The van der Waals surface area contributed by atoms with E-state index in [9.17, 15) is 9.59 Å². The first-order chi connectivity index (χ1) is 7.20. The predicted molar refractivity (Wildman–Crippen MR) is 55.8 cm³/mol. The van der Waals surface area contributed by atoms with E-state index in [2.05, 4.69) is 9.97 Å². The van der Waals surface area contributed by atoms with Gasteiger partial charge in [-0.2, -0.15) is 0 Å². The van der Waals surface area contributed by atoms with Gasteiger partial charge in [-0.05, 0) is 18.2 Å². The van der Waals surface area contributed by atoms with Gasteiger partial charge in [-0.3, -0.25) is 9.59 Å². The molecule has 15 heavy (non-hydrogen) atoms. The molecule has 0 amide bonds. The number of nitrogens with one attached hydrogen (secondary N) is 2. The highest BCUT2D eigenvalue weighted by Crippen LogP contribution is 1.92. The van der Waals surface area contributed by atoms with Crippen LogP contribution in [0, 0.1) is 0 Å². The Balaban J connectivity index is 0.000000151. The van der Waals surface area contributed by atoms with Crippen molar-refractivity contribution in [2.75, 3.05) is 0 Å². The number of pyridine rings is 2. The fourth-order valence-electron chi connectivity index (χ4n) is 0.790. The largest absolute Gasteiger partial charge is 0.503 e. The Morgan fingerprint density at radius 2 is 1.67 bits per heavy atom. The topological polar surface area (TPSA) is 85.9 Å². The molecule has 2 rings (SSSR count). The van der Waals surface area contributed by atoms with Crippen molar-refractivity contribution in [1.82, 2.24) is 9.97 Å². The summed E-state index contributed by atoms with van der Waals surface area (Å²) in [6.07, 6.45) is 3.06. The second-order valence-electron chi connectivity index (χ2n) is 2.61. The van der Waals surface area contributed by atoms with Gasteiger partial charge in [0.2, 0.25) is 5.56 Å². The van der Waals surface area contributed by atoms with Crippen molar-refractivity contribution in [3.63, 3.8) is 0 Å². The number of aromatic nitrogens is 2. The summed E-state index contributed by atoms with van der Waals surface area (Å²) in [4.78, 5) is 25.3. The molecule has 0 aliphatic rings. The molecule has 0 bridgehead atoms. The normalized spacial score (nSPS) is 8.80. The molecule has 78 valence electrons. The molecular weight excluding hydrogens is 196 g/mol. The third-order valence-corrected chi connectivity index (χ3v) is 1.48. The van der Waals surface area contributed by atoms with E-state index in [0.29, 0.717) is 0 Å². The SMILES string of the molecule is O=c1[nH]cccc1O.O=c1cccc[nH]1. The van der Waals surface area contributed by atoms with Crippen LogP contribution in [0.5, 0.6) is 5.75 Å². The molecule has 0 saturated carbocycles. The van der Waals surface area contributed by atoms with Gasteiger partial charge in [0.15, 0.2) is 5.75 Å². The van der Waals surface area contributed by atoms with Gasteiger partial charge in [0, 0.05) is 18.5 Å². The Morgan fingerprint density at radius 1 is 0.933 bits per heavy atom. The number of hydrogen-bond acceptors (Lipinski definition) is 3. The maximum atomic E-state index is 10.3. The average Bonchev–Trinajstić information content (AvgIpc) is 2.25. The van der Waals surface area contributed by atoms with Crippen LogP contribution in [0.4, 0.5) is 0 Å². The van der Waals surface area contributed by atoms with E-state index in [4.69, 9.17) is 5.11 Å². The van der Waals surface area contributed by atoms with Crippen LogP contribution in [0.2, 0.25) is 0 Å². The molecule has 0 atom stereocenters. The van der Waals surface area contributed by atoms with E-state index in [0.717, 1.165) is 0 Å². The summed E-state index contributed by atoms with van der Waals surface area (Å²) < 4.78 is 0. The molecule has 0 spiro atoms. The minimum Gasteiger partial charge on any atom is -0.503 e. The summed E-state index contributed by atoms with van der Waals surface area (Å²) >= 11 is 0. The van der Waals surface area contributed by atoms with Gasteiger partial charge in [0.25, 0.3) is 5.56 Å². The fraction of sp³-hybridized carbons (Fsp3) is 0. The van der Waals surface area contributed by atoms with Crippen molar-refractivity contribution < 1.29 is 5.11 Å². The van der Waals surface area contributed by atoms with E-state index in [1.807, 2.05) is 0 Å². The first kappa shape index (κ1) is 10.8. The molecule has 5 heteroatoms. The molecule has 2 heterocycles. The summed E-state index contributed by atoms with van der Waals surface area (Å²) in [6, 6.07) is 7.82. The number of hydrogen-bond donors (Lipinski definition) is 3. The summed E-state index contributed by atoms with van der Waals surface area (Å²) in [5.41, 5.74) is -0.505. The van der Waals surface area contributed by atoms with Gasteiger partial charge in [-0.15, -0.1) is 0 Å². The Kier molecular flexibility index (Phi) is 3.91. The first-order valence-corrected chi connectivity index (χ1v) is 4.20. The Bertz CT molecular complexity index is 499. The lowest BCUT2D eigenvalue weighted by Crippen LogP contribution is -2.01. The molecule has 0 fully saturated rings. The van der Waals surface area contributed by atoms with Crippen molar-refractivity contribution in [2.24, 2.45) is 0 Å². The molecule has 0 aliphatic carbocycles. The lowest BCUT2D eigenvalue weighted by molar-refractivity contribution is 0.466. The summed E-state index contributed by atoms with van der Waals surface area (Å²) in [5.74, 6) is -0.243.